The normalized spacial score (nSPS) is 11.2. The molecule has 0 atom stereocenters. The molecule has 0 unspecified atom stereocenters. The third-order valence-corrected chi connectivity index (χ3v) is 4.96. The van der Waals surface area contributed by atoms with Crippen molar-refractivity contribution < 1.29 is 0 Å². The summed E-state index contributed by atoms with van der Waals surface area (Å²) in [4.78, 5) is 0. The topological polar surface area (TPSA) is 117 Å². The minimum Gasteiger partial charge on any atom is -0.388 e. The molecule has 0 spiro atoms. The zero-order valence-electron chi connectivity index (χ0n) is 9.03. The van der Waals surface area contributed by atoms with Gasteiger partial charge in [0.15, 0.2) is 22.7 Å². The zero-order chi connectivity index (χ0) is 12.4. The molecule has 2 rings (SSSR count). The van der Waals surface area contributed by atoms with Crippen LogP contribution in [0.1, 0.15) is 0 Å². The maximum absolute atomic E-state index is 7.21. The first-order valence-corrected chi connectivity index (χ1v) is 10.5. The Kier molecular flexibility index (Phi) is 3.70. The molecule has 0 radical (unpaired) electrons. The Balaban J connectivity index is 2.92. The third-order valence-electron chi connectivity index (χ3n) is 2.09. The van der Waals surface area contributed by atoms with E-state index in [2.05, 4.69) is 62.0 Å². The van der Waals surface area contributed by atoms with Gasteiger partial charge in [-0.1, -0.05) is 5.79 Å². The zero-order valence-corrected chi connectivity index (χ0v) is 12.3. The monoisotopic (exact) mass is 359 g/mol. The van der Waals surface area contributed by atoms with Gasteiger partial charge in [-0.3, -0.25) is 0 Å². The van der Waals surface area contributed by atoms with Crippen LogP contribution >= 0.6 is 20.3 Å². The molecule has 0 aliphatic rings. The molecule has 9 nitrogen and oxygen atoms in total. The average Bonchev–Trinajstić information content (AvgIpc) is 2.62. The van der Waals surface area contributed by atoms with Gasteiger partial charge in [0.05, 0.1) is 0 Å². The fraction of sp³-hybridized carbons (Fsp3) is 0.333. The number of azo groups is 1. The van der Waals surface area contributed by atoms with Crippen LogP contribution in [0.2, 0.25) is 5.79 Å². The quantitative estimate of drug-likeness (QED) is 0.512. The van der Waals surface area contributed by atoms with Crippen molar-refractivity contribution in [3.8, 4) is 0 Å². The molecule has 2 heterocycles. The first-order valence-electron chi connectivity index (χ1n) is 4.62. The van der Waals surface area contributed by atoms with E-state index in [0.29, 0.717) is 22.7 Å². The number of fused-ring (bicyclic) bond motifs is 1. The molecule has 1 N–H and O–H groups in total. The van der Waals surface area contributed by atoms with E-state index >= 15 is 0 Å². The molecule has 11 heteroatoms. The summed E-state index contributed by atoms with van der Waals surface area (Å²) in [5, 5.41) is 26.0. The largest absolute Gasteiger partial charge is 0.507 e. The first-order chi connectivity index (χ1) is 8.20. The molecule has 0 aliphatic heterocycles. The fourth-order valence-corrected chi connectivity index (χ4v) is 4.09. The maximum atomic E-state index is 7.21. The van der Waals surface area contributed by atoms with Crippen molar-refractivity contribution in [1.82, 2.24) is 24.2 Å². The molecule has 0 fully saturated rings. The highest BCUT2D eigenvalue weighted by atomic mass is 127. The molecule has 2 aromatic rings. The minimum atomic E-state index is -1.32. The summed E-state index contributed by atoms with van der Waals surface area (Å²) in [5.41, 5.74) is 8.54. The van der Waals surface area contributed by atoms with Crippen LogP contribution in [0, 0.1) is 5.53 Å². The smallest absolute Gasteiger partial charge is 0.388 e. The van der Waals surface area contributed by atoms with E-state index in [1.165, 1.54) is 0 Å². The van der Waals surface area contributed by atoms with E-state index in [9.17, 15) is 0 Å². The van der Waals surface area contributed by atoms with E-state index < -0.39 is 11.1 Å². The lowest BCUT2D eigenvalue weighted by molar-refractivity contribution is 0.791. The summed E-state index contributed by atoms with van der Waals surface area (Å²) < 4.78 is 1.90. The van der Waals surface area contributed by atoms with Gasteiger partial charge in [-0.05, 0) is 10.4 Å². The minimum absolute atomic E-state index is 0.337. The summed E-state index contributed by atoms with van der Waals surface area (Å²) in [6.45, 7) is 0. The summed E-state index contributed by atoms with van der Waals surface area (Å²) in [6, 6.07) is 0. The van der Waals surface area contributed by atoms with Crippen LogP contribution in [0.15, 0.2) is 15.3 Å². The van der Waals surface area contributed by atoms with Crippen LogP contribution in [0.25, 0.3) is 11.2 Å². The van der Waals surface area contributed by atoms with Crippen molar-refractivity contribution >= 4 is 54.0 Å². The lowest BCUT2D eigenvalue weighted by Gasteiger charge is -2.04. The number of hydrogen-bond acceptors (Lipinski definition) is 8. The number of hydrogen-bond donors (Lipinski definition) is 1. The van der Waals surface area contributed by atoms with Gasteiger partial charge in [0.25, 0.3) is 0 Å². The van der Waals surface area contributed by atoms with Crippen molar-refractivity contribution in [2.75, 3.05) is 7.05 Å². The second-order valence-corrected chi connectivity index (χ2v) is 10.2. The number of rotatable bonds is 3. The first kappa shape index (κ1) is 12.4. The highest BCUT2D eigenvalue weighted by molar-refractivity contribution is 14.1. The van der Waals surface area contributed by atoms with E-state index in [4.69, 9.17) is 5.53 Å². The summed E-state index contributed by atoms with van der Waals surface area (Å²) >= 11 is 1.01. The van der Waals surface area contributed by atoms with Crippen molar-refractivity contribution in [2.45, 2.75) is 5.79 Å². The second-order valence-electron chi connectivity index (χ2n) is 3.08. The lowest BCUT2D eigenvalue weighted by atomic mass is 10.4. The molecule has 86 valence electrons. The Hall–Kier alpha value is -1.06. The number of nitrogens with one attached hydrogen (secondary N) is 1. The molecule has 2 aromatic heterocycles. The van der Waals surface area contributed by atoms with Crippen molar-refractivity contribution in [2.24, 2.45) is 15.3 Å². The van der Waals surface area contributed by atoms with Crippen LogP contribution < -0.4 is 0 Å². The Morgan fingerprint density at radius 3 is 2.65 bits per heavy atom. The third kappa shape index (κ3) is 2.05. The predicted molar refractivity (Wildman–Crippen MR) is 69.4 cm³/mol. The molecule has 0 aromatic carbocycles. The van der Waals surface area contributed by atoms with Crippen molar-refractivity contribution in [1.29, 1.82) is 5.53 Å². The Morgan fingerprint density at radius 1 is 1.35 bits per heavy atom. The molecule has 0 bridgehead atoms. The highest BCUT2D eigenvalue weighted by Gasteiger charge is 2.25. The van der Waals surface area contributed by atoms with Gasteiger partial charge in [0, 0.05) is 7.05 Å². The summed E-state index contributed by atoms with van der Waals surface area (Å²) in [7, 11) is 1.56. The Bertz CT molecular complexity index is 590. The van der Waals surface area contributed by atoms with Gasteiger partial charge in [0.1, 0.15) is 0 Å². The maximum Gasteiger partial charge on any atom is 0.507 e. The molecule has 0 aliphatic carbocycles. The predicted octanol–water partition coefficient (Wildman–Crippen LogP) is 2.00. The Labute approximate surface area is 111 Å². The van der Waals surface area contributed by atoms with Gasteiger partial charge < -0.3 is 3.55 Å². The molecule has 0 amide bonds. The van der Waals surface area contributed by atoms with Gasteiger partial charge in [0.2, 0.25) is 0 Å². The van der Waals surface area contributed by atoms with Gasteiger partial charge in [-0.2, -0.15) is 30.5 Å². The van der Waals surface area contributed by atoms with Crippen LogP contribution in [0.3, 0.4) is 0 Å². The number of aromatic nitrogens is 5. The summed E-state index contributed by atoms with van der Waals surface area (Å²) in [5.74, 6) is 2.59. The van der Waals surface area contributed by atoms with Crippen molar-refractivity contribution in [3.63, 3.8) is 0 Å². The Morgan fingerprint density at radius 2 is 2.06 bits per heavy atom. The van der Waals surface area contributed by atoms with Gasteiger partial charge >= 0.3 is 11.1 Å². The number of halogens is 1. The SMILES string of the molecule is CN=Nc1c(N=N)c2nnnnc2[n]1[Al]([CH3])[I]. The van der Waals surface area contributed by atoms with Crippen LogP contribution in [0.4, 0.5) is 11.5 Å². The van der Waals surface area contributed by atoms with Crippen LogP contribution in [0.5, 0.6) is 0 Å². The van der Waals surface area contributed by atoms with Gasteiger partial charge in [-0.25, -0.2) is 5.53 Å². The van der Waals surface area contributed by atoms with Crippen molar-refractivity contribution in [3.05, 3.63) is 0 Å². The van der Waals surface area contributed by atoms with E-state index in [1.807, 2.05) is 3.55 Å². The molecule has 0 saturated heterocycles. The highest BCUT2D eigenvalue weighted by Crippen LogP contribution is 2.37. The van der Waals surface area contributed by atoms with Gasteiger partial charge in [-0.15, -0.1) is 15.3 Å². The lowest BCUT2D eigenvalue weighted by Crippen LogP contribution is -2.12. The average molecular weight is 359 g/mol. The van der Waals surface area contributed by atoms with Crippen LogP contribution in [-0.2, 0) is 0 Å². The number of nitrogens with zero attached hydrogens (tertiary/aromatic N) is 8. The van der Waals surface area contributed by atoms with Crippen LogP contribution in [-0.4, -0.2) is 42.3 Å². The summed E-state index contributed by atoms with van der Waals surface area (Å²) in [6.07, 6.45) is 0. The molecular weight excluding hydrogens is 352 g/mol. The molecule has 0 saturated carbocycles. The fourth-order valence-electron chi connectivity index (χ4n) is 1.49. The molecule has 17 heavy (non-hydrogen) atoms. The standard InChI is InChI=1S/C5H4N9.CH3.Al.HI/c1-7-11-4-2(9-6)3-5(8-4)12-14-13-10-3;;;/h6H,1H3;1H3;;1H/q-1;;+2;/p-1. The van der Waals surface area contributed by atoms with E-state index in [0.717, 1.165) is 0 Å². The van der Waals surface area contributed by atoms with E-state index in [-0.39, 0.29) is 0 Å². The molecular formula is C6H7AlIN9. The van der Waals surface area contributed by atoms with E-state index in [1.54, 1.807) is 7.05 Å². The second kappa shape index (κ2) is 5.07.